The monoisotopic (exact) mass is 410 g/mol. The molecule has 1 fully saturated rings. The molecular weight excluding hydrogens is 388 g/mol. The molecule has 29 heavy (non-hydrogen) atoms. The van der Waals surface area contributed by atoms with Gasteiger partial charge in [0.2, 0.25) is 0 Å². The van der Waals surface area contributed by atoms with Crippen LogP contribution < -0.4 is 10.1 Å². The fourth-order valence-corrected chi connectivity index (χ4v) is 3.73. The van der Waals surface area contributed by atoms with Crippen molar-refractivity contribution in [3.63, 3.8) is 0 Å². The third-order valence-corrected chi connectivity index (χ3v) is 5.12. The van der Waals surface area contributed by atoms with Gasteiger partial charge in [0.1, 0.15) is 5.75 Å². The van der Waals surface area contributed by atoms with E-state index < -0.39 is 0 Å². The van der Waals surface area contributed by atoms with Gasteiger partial charge in [-0.1, -0.05) is 35.9 Å². The predicted molar refractivity (Wildman–Crippen MR) is 115 cm³/mol. The normalized spacial score (nSPS) is 15.3. The van der Waals surface area contributed by atoms with Crippen molar-refractivity contribution in [1.29, 1.82) is 0 Å². The Kier molecular flexibility index (Phi) is 6.39. The van der Waals surface area contributed by atoms with Gasteiger partial charge < -0.3 is 10.1 Å². The maximum absolute atomic E-state index is 12.5. The summed E-state index contributed by atoms with van der Waals surface area (Å²) in [6, 6.07) is 14.4. The first-order valence-corrected chi connectivity index (χ1v) is 10.0. The number of thioether (sulfide) groups is 1. The highest BCUT2D eigenvalue weighted by Crippen LogP contribution is 2.35. The lowest BCUT2D eigenvalue weighted by molar-refractivity contribution is -0.123. The SMILES string of the molecule is Cc1ccc(NC(=O)COc2ccccc2/C=C2/SC(=O)N(C(C)C)C2=O)cc1. The summed E-state index contributed by atoms with van der Waals surface area (Å²) >= 11 is 0.905. The van der Waals surface area contributed by atoms with Gasteiger partial charge in [0.05, 0.1) is 4.91 Å². The van der Waals surface area contributed by atoms with Crippen LogP contribution in [0.3, 0.4) is 0 Å². The third-order valence-electron chi connectivity index (χ3n) is 4.24. The van der Waals surface area contributed by atoms with Crippen molar-refractivity contribution in [2.45, 2.75) is 26.8 Å². The number of carbonyl (C=O) groups excluding carboxylic acids is 3. The van der Waals surface area contributed by atoms with Crippen molar-refractivity contribution in [2.24, 2.45) is 0 Å². The van der Waals surface area contributed by atoms with Crippen LogP contribution in [0.2, 0.25) is 0 Å². The van der Waals surface area contributed by atoms with E-state index >= 15 is 0 Å². The molecule has 2 aromatic rings. The molecule has 2 aromatic carbocycles. The highest BCUT2D eigenvalue weighted by molar-refractivity contribution is 8.18. The van der Waals surface area contributed by atoms with E-state index in [1.807, 2.05) is 31.2 Å². The average molecular weight is 410 g/mol. The summed E-state index contributed by atoms with van der Waals surface area (Å²) < 4.78 is 5.67. The van der Waals surface area contributed by atoms with E-state index in [0.717, 1.165) is 17.3 Å². The highest BCUT2D eigenvalue weighted by Gasteiger charge is 2.36. The van der Waals surface area contributed by atoms with E-state index in [2.05, 4.69) is 5.32 Å². The molecule has 6 nitrogen and oxygen atoms in total. The Bertz CT molecular complexity index is 967. The lowest BCUT2D eigenvalue weighted by Crippen LogP contribution is -2.34. The molecule has 0 bridgehead atoms. The van der Waals surface area contributed by atoms with Crippen LogP contribution in [0.1, 0.15) is 25.0 Å². The lowest BCUT2D eigenvalue weighted by Gasteiger charge is -2.16. The Balaban J connectivity index is 1.69. The first-order chi connectivity index (χ1) is 13.8. The van der Waals surface area contributed by atoms with Crippen LogP contribution in [0.25, 0.3) is 6.08 Å². The number of para-hydroxylation sites is 1. The Morgan fingerprint density at radius 1 is 1.14 bits per heavy atom. The number of hydrogen-bond donors (Lipinski definition) is 1. The second-order valence-electron chi connectivity index (χ2n) is 6.89. The fraction of sp³-hybridized carbons (Fsp3) is 0.227. The summed E-state index contributed by atoms with van der Waals surface area (Å²) in [7, 11) is 0. The van der Waals surface area contributed by atoms with E-state index in [9.17, 15) is 14.4 Å². The maximum atomic E-state index is 12.5. The van der Waals surface area contributed by atoms with Crippen molar-refractivity contribution >= 4 is 40.6 Å². The zero-order chi connectivity index (χ0) is 21.0. The maximum Gasteiger partial charge on any atom is 0.293 e. The number of rotatable bonds is 6. The van der Waals surface area contributed by atoms with E-state index in [1.165, 1.54) is 4.90 Å². The van der Waals surface area contributed by atoms with Gasteiger partial charge >= 0.3 is 0 Å². The molecule has 1 aliphatic rings. The zero-order valence-corrected chi connectivity index (χ0v) is 17.3. The second-order valence-corrected chi connectivity index (χ2v) is 7.88. The number of carbonyl (C=O) groups is 3. The number of aryl methyl sites for hydroxylation is 1. The smallest absolute Gasteiger partial charge is 0.293 e. The van der Waals surface area contributed by atoms with Crippen LogP contribution in [0, 0.1) is 6.92 Å². The molecule has 1 N–H and O–H groups in total. The summed E-state index contributed by atoms with van der Waals surface area (Å²) in [5.41, 5.74) is 2.43. The van der Waals surface area contributed by atoms with Crippen LogP contribution in [-0.4, -0.2) is 34.6 Å². The number of nitrogens with one attached hydrogen (secondary N) is 1. The molecule has 1 saturated heterocycles. The first kappa shape index (κ1) is 20.7. The molecule has 0 spiro atoms. The van der Waals surface area contributed by atoms with E-state index in [4.69, 9.17) is 4.74 Å². The standard InChI is InChI=1S/C22H22N2O4S/c1-14(2)24-21(26)19(29-22(24)27)12-16-6-4-5-7-18(16)28-13-20(25)23-17-10-8-15(3)9-11-17/h4-12,14H,13H2,1-3H3,(H,23,25)/b19-12+. The van der Waals surface area contributed by atoms with E-state index in [1.54, 1.807) is 44.2 Å². The third kappa shape index (κ3) is 5.06. The highest BCUT2D eigenvalue weighted by atomic mass is 32.2. The topological polar surface area (TPSA) is 75.7 Å². The van der Waals surface area contributed by atoms with Gasteiger partial charge in [0.15, 0.2) is 6.61 Å². The Labute approximate surface area is 173 Å². The molecule has 0 atom stereocenters. The van der Waals surface area contributed by atoms with Crippen molar-refractivity contribution in [3.8, 4) is 5.75 Å². The minimum Gasteiger partial charge on any atom is -0.483 e. The zero-order valence-electron chi connectivity index (χ0n) is 16.5. The molecule has 1 heterocycles. The summed E-state index contributed by atoms with van der Waals surface area (Å²) in [6.45, 7) is 5.39. The second kappa shape index (κ2) is 8.96. The number of nitrogens with zero attached hydrogens (tertiary/aromatic N) is 1. The molecule has 1 aliphatic heterocycles. The molecule has 7 heteroatoms. The van der Waals surface area contributed by atoms with Gasteiger partial charge in [0.25, 0.3) is 17.1 Å². The quantitative estimate of drug-likeness (QED) is 0.712. The summed E-state index contributed by atoms with van der Waals surface area (Å²) in [4.78, 5) is 38.3. The van der Waals surface area contributed by atoms with E-state index in [0.29, 0.717) is 21.9 Å². The molecule has 0 unspecified atom stereocenters. The molecule has 0 aliphatic carbocycles. The number of hydrogen-bond acceptors (Lipinski definition) is 5. The van der Waals surface area contributed by atoms with Gasteiger partial charge in [0, 0.05) is 17.3 Å². The molecule has 0 saturated carbocycles. The van der Waals surface area contributed by atoms with Gasteiger partial charge in [-0.15, -0.1) is 0 Å². The van der Waals surface area contributed by atoms with Crippen LogP contribution in [0.5, 0.6) is 5.75 Å². The number of anilines is 1. The fourth-order valence-electron chi connectivity index (χ4n) is 2.77. The average Bonchev–Trinajstić information content (AvgIpc) is 2.96. The van der Waals surface area contributed by atoms with E-state index in [-0.39, 0.29) is 29.7 Å². The minimum atomic E-state index is -0.318. The summed E-state index contributed by atoms with van der Waals surface area (Å²) in [5.74, 6) is -0.145. The molecule has 3 rings (SSSR count). The molecular formula is C22H22N2O4S. The minimum absolute atomic E-state index is 0.174. The Morgan fingerprint density at radius 3 is 2.48 bits per heavy atom. The van der Waals surface area contributed by atoms with Crippen LogP contribution in [0.4, 0.5) is 10.5 Å². The number of imide groups is 1. The van der Waals surface area contributed by atoms with Gasteiger partial charge in [-0.2, -0.15) is 0 Å². The van der Waals surface area contributed by atoms with Gasteiger partial charge in [-0.3, -0.25) is 19.3 Å². The predicted octanol–water partition coefficient (Wildman–Crippen LogP) is 4.46. The van der Waals surface area contributed by atoms with Crippen molar-refractivity contribution < 1.29 is 19.1 Å². The van der Waals surface area contributed by atoms with Crippen molar-refractivity contribution in [1.82, 2.24) is 4.90 Å². The number of ether oxygens (including phenoxy) is 1. The largest absolute Gasteiger partial charge is 0.483 e. The van der Waals surface area contributed by atoms with Gasteiger partial charge in [-0.05, 0) is 56.8 Å². The van der Waals surface area contributed by atoms with Crippen molar-refractivity contribution in [2.75, 3.05) is 11.9 Å². The molecule has 3 amide bonds. The number of amides is 3. The molecule has 0 radical (unpaired) electrons. The van der Waals surface area contributed by atoms with Crippen LogP contribution >= 0.6 is 11.8 Å². The molecule has 150 valence electrons. The van der Waals surface area contributed by atoms with Gasteiger partial charge in [-0.25, -0.2) is 0 Å². The lowest BCUT2D eigenvalue weighted by atomic mass is 10.2. The Hall–Kier alpha value is -3.06. The van der Waals surface area contributed by atoms with Crippen LogP contribution in [0.15, 0.2) is 53.4 Å². The summed E-state index contributed by atoms with van der Waals surface area (Å²) in [5, 5.41) is 2.49. The number of benzene rings is 2. The van der Waals surface area contributed by atoms with Crippen molar-refractivity contribution in [3.05, 3.63) is 64.6 Å². The van der Waals surface area contributed by atoms with Crippen LogP contribution in [-0.2, 0) is 9.59 Å². The molecule has 0 aromatic heterocycles. The first-order valence-electron chi connectivity index (χ1n) is 9.20. The summed E-state index contributed by atoms with van der Waals surface area (Å²) in [6.07, 6.45) is 1.63. The Morgan fingerprint density at radius 2 is 1.83 bits per heavy atom.